The van der Waals surface area contributed by atoms with Crippen LogP contribution in [0, 0.1) is 5.82 Å². The summed E-state index contributed by atoms with van der Waals surface area (Å²) in [7, 11) is 0. The van der Waals surface area contributed by atoms with Crippen LogP contribution in [0.15, 0.2) is 30.5 Å². The summed E-state index contributed by atoms with van der Waals surface area (Å²) in [5, 5.41) is 0.543. The van der Waals surface area contributed by atoms with Crippen LogP contribution in [-0.4, -0.2) is 4.98 Å². The molecule has 0 unspecified atom stereocenters. The molecule has 0 spiro atoms. The average Bonchev–Trinajstić information content (AvgIpc) is 2.25. The smallest absolute Gasteiger partial charge is 0.242 e. The van der Waals surface area contributed by atoms with Crippen LogP contribution in [0.5, 0.6) is 11.6 Å². The molecule has 0 amide bonds. The first kappa shape index (κ1) is 12.0. The number of ether oxygens (including phenoxy) is 1. The SMILES string of the molecule is Nc1cc(Cl)cnc1Oc1ccc(F)cc1Cl. The summed E-state index contributed by atoms with van der Waals surface area (Å²) in [5.74, 6) is -0.00288. The molecule has 88 valence electrons. The number of pyridine rings is 1. The van der Waals surface area contributed by atoms with Crippen molar-refractivity contribution in [2.24, 2.45) is 0 Å². The van der Waals surface area contributed by atoms with Crippen molar-refractivity contribution in [3.63, 3.8) is 0 Å². The third-order valence-corrected chi connectivity index (χ3v) is 2.45. The number of aromatic nitrogens is 1. The Hall–Kier alpha value is -1.52. The van der Waals surface area contributed by atoms with Gasteiger partial charge in [0.25, 0.3) is 0 Å². The lowest BCUT2D eigenvalue weighted by atomic mass is 10.3. The molecule has 0 atom stereocenters. The summed E-state index contributed by atoms with van der Waals surface area (Å²) in [6.07, 6.45) is 1.39. The first-order valence-corrected chi connectivity index (χ1v) is 5.36. The number of rotatable bonds is 2. The summed E-state index contributed by atoms with van der Waals surface area (Å²) in [4.78, 5) is 3.91. The van der Waals surface area contributed by atoms with Crippen LogP contribution in [0.2, 0.25) is 10.0 Å². The summed E-state index contributed by atoms with van der Waals surface area (Å²) in [6, 6.07) is 5.27. The molecule has 2 aromatic rings. The van der Waals surface area contributed by atoms with Crippen LogP contribution in [0.4, 0.5) is 10.1 Å². The first-order chi connectivity index (χ1) is 8.06. The van der Waals surface area contributed by atoms with Crippen molar-refractivity contribution < 1.29 is 9.13 Å². The molecule has 1 aromatic heterocycles. The second-order valence-corrected chi connectivity index (χ2v) is 4.07. The predicted octanol–water partition coefficient (Wildman–Crippen LogP) is 3.90. The van der Waals surface area contributed by atoms with Gasteiger partial charge in [0.15, 0.2) is 0 Å². The number of nitrogen functional groups attached to an aromatic ring is 1. The standard InChI is InChI=1S/C11H7Cl2FN2O/c12-6-3-9(15)11(16-5-6)17-10-2-1-7(14)4-8(10)13/h1-5H,15H2. The van der Waals surface area contributed by atoms with Crippen molar-refractivity contribution in [1.29, 1.82) is 0 Å². The Morgan fingerprint density at radius 1 is 1.24 bits per heavy atom. The number of halogens is 3. The van der Waals surface area contributed by atoms with E-state index in [4.69, 9.17) is 33.7 Å². The minimum Gasteiger partial charge on any atom is -0.435 e. The summed E-state index contributed by atoms with van der Waals surface area (Å²) in [5.41, 5.74) is 5.94. The molecule has 0 bridgehead atoms. The van der Waals surface area contributed by atoms with Crippen LogP contribution in [-0.2, 0) is 0 Å². The van der Waals surface area contributed by atoms with Crippen molar-refractivity contribution in [2.45, 2.75) is 0 Å². The molecule has 0 fully saturated rings. The molecule has 0 saturated carbocycles. The molecule has 0 radical (unpaired) electrons. The van der Waals surface area contributed by atoms with Gasteiger partial charge in [-0.05, 0) is 24.3 Å². The lowest BCUT2D eigenvalue weighted by Gasteiger charge is -2.08. The highest BCUT2D eigenvalue weighted by Crippen LogP contribution is 2.32. The number of hydrogen-bond donors (Lipinski definition) is 1. The monoisotopic (exact) mass is 272 g/mol. The number of anilines is 1. The number of nitrogens with two attached hydrogens (primary N) is 1. The molecule has 0 aliphatic carbocycles. The zero-order valence-electron chi connectivity index (χ0n) is 8.45. The van der Waals surface area contributed by atoms with E-state index in [0.29, 0.717) is 5.02 Å². The Morgan fingerprint density at radius 3 is 2.65 bits per heavy atom. The van der Waals surface area contributed by atoms with E-state index in [2.05, 4.69) is 4.98 Å². The first-order valence-electron chi connectivity index (χ1n) is 4.60. The predicted molar refractivity (Wildman–Crippen MR) is 65.1 cm³/mol. The van der Waals surface area contributed by atoms with Crippen LogP contribution < -0.4 is 10.5 Å². The molecule has 1 aromatic carbocycles. The van der Waals surface area contributed by atoms with Crippen LogP contribution in [0.25, 0.3) is 0 Å². The van der Waals surface area contributed by atoms with E-state index in [1.807, 2.05) is 0 Å². The molecule has 1 heterocycles. The number of benzene rings is 1. The maximum atomic E-state index is 12.8. The minimum absolute atomic E-state index is 0.140. The largest absolute Gasteiger partial charge is 0.435 e. The van der Waals surface area contributed by atoms with Crippen LogP contribution in [0.1, 0.15) is 0 Å². The van der Waals surface area contributed by atoms with E-state index >= 15 is 0 Å². The van der Waals surface area contributed by atoms with Crippen molar-refractivity contribution in [3.05, 3.63) is 46.3 Å². The summed E-state index contributed by atoms with van der Waals surface area (Å²) in [6.45, 7) is 0. The molecule has 0 saturated heterocycles. The highest BCUT2D eigenvalue weighted by Gasteiger charge is 2.08. The van der Waals surface area contributed by atoms with Gasteiger partial charge in [-0.2, -0.15) is 0 Å². The third-order valence-electron chi connectivity index (χ3n) is 1.95. The highest BCUT2D eigenvalue weighted by atomic mass is 35.5. The van der Waals surface area contributed by atoms with Crippen molar-refractivity contribution in [3.8, 4) is 11.6 Å². The molecule has 2 rings (SSSR count). The minimum atomic E-state index is -0.445. The van der Waals surface area contributed by atoms with E-state index in [9.17, 15) is 4.39 Å². The third kappa shape index (κ3) is 2.78. The van der Waals surface area contributed by atoms with Gasteiger partial charge in [-0.3, -0.25) is 0 Å². The van der Waals surface area contributed by atoms with Crippen molar-refractivity contribution in [2.75, 3.05) is 5.73 Å². The Kier molecular flexibility index (Phi) is 3.36. The average molecular weight is 273 g/mol. The fourth-order valence-corrected chi connectivity index (χ4v) is 1.56. The van der Waals surface area contributed by atoms with Gasteiger partial charge in [0, 0.05) is 6.20 Å². The lowest BCUT2D eigenvalue weighted by Crippen LogP contribution is -1.95. The number of nitrogens with zero attached hydrogens (tertiary/aromatic N) is 1. The fourth-order valence-electron chi connectivity index (χ4n) is 1.19. The quantitative estimate of drug-likeness (QED) is 0.902. The van der Waals surface area contributed by atoms with Gasteiger partial charge in [0.2, 0.25) is 5.88 Å². The maximum absolute atomic E-state index is 12.8. The maximum Gasteiger partial charge on any atom is 0.242 e. The van der Waals surface area contributed by atoms with Crippen LogP contribution in [0.3, 0.4) is 0 Å². The number of hydrogen-bond acceptors (Lipinski definition) is 3. The van der Waals surface area contributed by atoms with Gasteiger partial charge in [0.1, 0.15) is 11.6 Å². The Labute approximate surface area is 107 Å². The molecular weight excluding hydrogens is 266 g/mol. The molecule has 0 aliphatic rings. The van der Waals surface area contributed by atoms with Crippen molar-refractivity contribution in [1.82, 2.24) is 4.98 Å². The Balaban J connectivity index is 2.31. The summed E-state index contributed by atoms with van der Waals surface area (Å²) < 4.78 is 18.2. The van der Waals surface area contributed by atoms with E-state index < -0.39 is 5.82 Å². The molecular formula is C11H7Cl2FN2O. The zero-order chi connectivity index (χ0) is 12.4. The second kappa shape index (κ2) is 4.77. The second-order valence-electron chi connectivity index (χ2n) is 3.22. The van der Waals surface area contributed by atoms with E-state index in [-0.39, 0.29) is 22.3 Å². The topological polar surface area (TPSA) is 48.1 Å². The highest BCUT2D eigenvalue weighted by molar-refractivity contribution is 6.32. The van der Waals surface area contributed by atoms with E-state index in [1.54, 1.807) is 0 Å². The van der Waals surface area contributed by atoms with E-state index in [1.165, 1.54) is 24.4 Å². The van der Waals surface area contributed by atoms with E-state index in [0.717, 1.165) is 6.07 Å². The molecule has 2 N–H and O–H groups in total. The van der Waals surface area contributed by atoms with Crippen LogP contribution >= 0.6 is 23.2 Å². The van der Waals surface area contributed by atoms with Gasteiger partial charge < -0.3 is 10.5 Å². The lowest BCUT2D eigenvalue weighted by molar-refractivity contribution is 0.464. The van der Waals surface area contributed by atoms with Gasteiger partial charge in [-0.1, -0.05) is 23.2 Å². The Bertz CT molecular complexity index is 514. The van der Waals surface area contributed by atoms with Crippen molar-refractivity contribution >= 4 is 28.9 Å². The summed E-state index contributed by atoms with van der Waals surface area (Å²) >= 11 is 11.5. The van der Waals surface area contributed by atoms with Gasteiger partial charge in [-0.25, -0.2) is 9.37 Å². The molecule has 3 nitrogen and oxygen atoms in total. The van der Waals surface area contributed by atoms with Gasteiger partial charge >= 0.3 is 0 Å². The molecule has 6 heteroatoms. The molecule has 17 heavy (non-hydrogen) atoms. The fraction of sp³-hybridized carbons (Fsp3) is 0. The zero-order valence-corrected chi connectivity index (χ0v) is 9.97. The molecule has 0 aliphatic heterocycles. The Morgan fingerprint density at radius 2 is 2.00 bits per heavy atom. The van der Waals surface area contributed by atoms with Gasteiger partial charge in [0.05, 0.1) is 15.7 Å². The normalized spacial score (nSPS) is 10.3. The van der Waals surface area contributed by atoms with Gasteiger partial charge in [-0.15, -0.1) is 0 Å².